The van der Waals surface area contributed by atoms with E-state index in [1.165, 1.54) is 25.3 Å². The molecule has 3 rings (SSSR count). The summed E-state index contributed by atoms with van der Waals surface area (Å²) < 4.78 is 10.8. The van der Waals surface area contributed by atoms with Crippen molar-refractivity contribution in [1.29, 1.82) is 0 Å². The van der Waals surface area contributed by atoms with E-state index in [9.17, 15) is 9.59 Å². The van der Waals surface area contributed by atoms with Gasteiger partial charge in [-0.1, -0.05) is 47.5 Å². The highest BCUT2D eigenvalue weighted by atomic mass is 35.5. The lowest BCUT2D eigenvalue weighted by Crippen LogP contribution is -2.35. The molecule has 29 heavy (non-hydrogen) atoms. The van der Waals surface area contributed by atoms with Gasteiger partial charge in [-0.25, -0.2) is 5.01 Å². The minimum Gasteiger partial charge on any atom is -0.493 e. The average Bonchev–Trinajstić information content (AvgIpc) is 2.97. The molecule has 1 fully saturated rings. The summed E-state index contributed by atoms with van der Waals surface area (Å²) >= 11 is 18.2. The van der Waals surface area contributed by atoms with E-state index in [1.807, 2.05) is 0 Å². The molecule has 9 heteroatoms. The zero-order valence-corrected chi connectivity index (χ0v) is 17.4. The first kappa shape index (κ1) is 21.0. The molecule has 0 aromatic heterocycles. The van der Waals surface area contributed by atoms with Crippen molar-refractivity contribution < 1.29 is 19.1 Å². The largest absolute Gasteiger partial charge is 0.493 e. The van der Waals surface area contributed by atoms with E-state index in [0.29, 0.717) is 27.8 Å². The lowest BCUT2D eigenvalue weighted by Gasteiger charge is -2.15. The molecule has 2 aromatic carbocycles. The second-order valence-electron chi connectivity index (χ2n) is 5.87. The molecular formula is C20H15Cl3N2O4. The fourth-order valence-electron chi connectivity index (χ4n) is 2.64. The summed E-state index contributed by atoms with van der Waals surface area (Å²) in [5, 5.41) is 1.96. The molecule has 0 bridgehead atoms. The average molecular weight is 454 g/mol. The van der Waals surface area contributed by atoms with Crippen LogP contribution in [0.3, 0.4) is 0 Å². The van der Waals surface area contributed by atoms with E-state index in [0.717, 1.165) is 5.01 Å². The molecule has 0 radical (unpaired) electrons. The molecular weight excluding hydrogens is 439 g/mol. The second-order valence-corrected chi connectivity index (χ2v) is 7.09. The van der Waals surface area contributed by atoms with Crippen molar-refractivity contribution in [1.82, 2.24) is 5.43 Å². The number of ether oxygens (including phenoxy) is 2. The third-order valence-corrected chi connectivity index (χ3v) is 4.98. The smallest absolute Gasteiger partial charge is 0.282 e. The molecule has 0 unspecified atom stereocenters. The van der Waals surface area contributed by atoms with Crippen LogP contribution in [0.5, 0.6) is 11.5 Å². The number of nitrogens with zero attached hydrogens (tertiary/aromatic N) is 1. The number of anilines is 1. The van der Waals surface area contributed by atoms with Gasteiger partial charge in [-0.15, -0.1) is 0 Å². The topological polar surface area (TPSA) is 67.9 Å². The van der Waals surface area contributed by atoms with Crippen molar-refractivity contribution in [2.75, 3.05) is 18.7 Å². The Hall–Kier alpha value is -2.67. The number of halogens is 3. The van der Waals surface area contributed by atoms with Crippen LogP contribution in [-0.4, -0.2) is 25.5 Å². The van der Waals surface area contributed by atoms with Gasteiger partial charge >= 0.3 is 0 Å². The van der Waals surface area contributed by atoms with E-state index in [-0.39, 0.29) is 22.2 Å². The monoisotopic (exact) mass is 452 g/mol. The van der Waals surface area contributed by atoms with Crippen molar-refractivity contribution in [3.8, 4) is 11.5 Å². The van der Waals surface area contributed by atoms with Crippen molar-refractivity contribution in [3.63, 3.8) is 0 Å². The van der Waals surface area contributed by atoms with Gasteiger partial charge in [0.2, 0.25) is 0 Å². The summed E-state index contributed by atoms with van der Waals surface area (Å²) in [6.07, 6.45) is 2.99. The van der Waals surface area contributed by atoms with Gasteiger partial charge in [-0.2, -0.15) is 0 Å². The number of hydrogen-bond acceptors (Lipinski definition) is 4. The molecule has 1 aliphatic rings. The maximum Gasteiger partial charge on any atom is 0.282 e. The Labute approximate surface area is 182 Å². The molecule has 6 nitrogen and oxygen atoms in total. The van der Waals surface area contributed by atoms with Crippen LogP contribution in [0.2, 0.25) is 15.1 Å². The summed E-state index contributed by atoms with van der Waals surface area (Å²) in [5.74, 6) is -0.409. The van der Waals surface area contributed by atoms with Crippen molar-refractivity contribution in [3.05, 3.63) is 69.2 Å². The molecule has 1 aliphatic heterocycles. The van der Waals surface area contributed by atoms with Gasteiger partial charge in [0.05, 0.1) is 27.9 Å². The van der Waals surface area contributed by atoms with Crippen LogP contribution in [0.4, 0.5) is 5.69 Å². The van der Waals surface area contributed by atoms with Gasteiger partial charge in [0.1, 0.15) is 12.2 Å². The molecule has 1 saturated heterocycles. The lowest BCUT2D eigenvalue weighted by atomic mass is 10.1. The molecule has 0 aliphatic carbocycles. The predicted octanol–water partition coefficient (Wildman–Crippen LogP) is 4.68. The van der Waals surface area contributed by atoms with Gasteiger partial charge < -0.3 is 9.47 Å². The molecule has 1 N–H and O–H groups in total. The first-order valence-electron chi connectivity index (χ1n) is 8.29. The Kier molecular flexibility index (Phi) is 6.37. The number of carbonyl (C=O) groups excluding carboxylic acids is 2. The van der Waals surface area contributed by atoms with Crippen LogP contribution in [0, 0.1) is 0 Å². The quantitative estimate of drug-likeness (QED) is 0.392. The summed E-state index contributed by atoms with van der Waals surface area (Å²) in [4.78, 5) is 25.1. The van der Waals surface area contributed by atoms with Crippen molar-refractivity contribution in [2.24, 2.45) is 0 Å². The van der Waals surface area contributed by atoms with Crippen LogP contribution >= 0.6 is 34.8 Å². The highest BCUT2D eigenvalue weighted by Crippen LogP contribution is 2.37. The number of benzene rings is 2. The van der Waals surface area contributed by atoms with Gasteiger partial charge in [-0.3, -0.25) is 15.0 Å². The number of hydrogen-bond donors (Lipinski definition) is 1. The van der Waals surface area contributed by atoms with E-state index < -0.39 is 11.8 Å². The van der Waals surface area contributed by atoms with Crippen LogP contribution in [0.25, 0.3) is 6.08 Å². The van der Waals surface area contributed by atoms with E-state index in [4.69, 9.17) is 44.3 Å². The second kappa shape index (κ2) is 8.78. The van der Waals surface area contributed by atoms with Crippen LogP contribution in [-0.2, 0) is 9.59 Å². The first-order chi connectivity index (χ1) is 13.8. The Bertz CT molecular complexity index is 1040. The van der Waals surface area contributed by atoms with E-state index >= 15 is 0 Å². The minimum absolute atomic E-state index is 0.0750. The number of amides is 2. The molecule has 2 amide bonds. The molecule has 0 atom stereocenters. The predicted molar refractivity (Wildman–Crippen MR) is 114 cm³/mol. The van der Waals surface area contributed by atoms with Crippen LogP contribution in [0.1, 0.15) is 5.56 Å². The van der Waals surface area contributed by atoms with Gasteiger partial charge in [0, 0.05) is 0 Å². The number of hydrazine groups is 1. The zero-order chi connectivity index (χ0) is 21.1. The Balaban J connectivity index is 1.94. The normalized spacial score (nSPS) is 14.9. The fourth-order valence-corrected chi connectivity index (χ4v) is 3.20. The zero-order valence-electron chi connectivity index (χ0n) is 15.2. The summed E-state index contributed by atoms with van der Waals surface area (Å²) in [7, 11) is 1.46. The SMILES string of the molecule is C=CCOc1c(Cl)cc(C=C2C(=O)NN(c3ccc(Cl)c(Cl)c3)C2=O)cc1OC. The van der Waals surface area contributed by atoms with Crippen LogP contribution < -0.4 is 19.9 Å². The maximum absolute atomic E-state index is 12.8. The lowest BCUT2D eigenvalue weighted by molar-refractivity contribution is -0.117. The molecule has 0 spiro atoms. The number of carbonyl (C=O) groups is 2. The molecule has 2 aromatic rings. The summed E-state index contributed by atoms with van der Waals surface area (Å²) in [5.41, 5.74) is 3.29. The fraction of sp³-hybridized carbons (Fsp3) is 0.100. The van der Waals surface area contributed by atoms with Gasteiger partial charge in [0.25, 0.3) is 11.8 Å². The Morgan fingerprint density at radius 1 is 1.10 bits per heavy atom. The maximum atomic E-state index is 12.8. The minimum atomic E-state index is -0.567. The van der Waals surface area contributed by atoms with E-state index in [1.54, 1.807) is 24.3 Å². The Morgan fingerprint density at radius 2 is 1.86 bits per heavy atom. The number of methoxy groups -OCH3 is 1. The molecule has 0 saturated carbocycles. The van der Waals surface area contributed by atoms with Crippen molar-refractivity contribution in [2.45, 2.75) is 0 Å². The highest BCUT2D eigenvalue weighted by molar-refractivity contribution is 6.42. The highest BCUT2D eigenvalue weighted by Gasteiger charge is 2.34. The van der Waals surface area contributed by atoms with E-state index in [2.05, 4.69) is 12.0 Å². The van der Waals surface area contributed by atoms with Crippen molar-refractivity contribution >= 4 is 58.4 Å². The summed E-state index contributed by atoms with van der Waals surface area (Å²) in [6.45, 7) is 3.83. The Morgan fingerprint density at radius 3 is 2.52 bits per heavy atom. The molecule has 1 heterocycles. The van der Waals surface area contributed by atoms with Gasteiger partial charge in [-0.05, 0) is 42.0 Å². The summed E-state index contributed by atoms with van der Waals surface area (Å²) in [6, 6.07) is 7.77. The number of rotatable bonds is 6. The van der Waals surface area contributed by atoms with Crippen LogP contribution in [0.15, 0.2) is 48.6 Å². The molecule has 150 valence electrons. The third-order valence-electron chi connectivity index (χ3n) is 3.96. The standard InChI is InChI=1S/C20H15Cl3N2O4/c1-3-6-29-18-16(23)8-11(9-17(18)28-2)7-13-19(26)24-25(20(13)27)12-4-5-14(21)15(22)10-12/h3-5,7-10H,1,6H2,2H3,(H,24,26). The third kappa shape index (κ3) is 4.34. The van der Waals surface area contributed by atoms with Gasteiger partial charge in [0.15, 0.2) is 11.5 Å². The first-order valence-corrected chi connectivity index (χ1v) is 9.42. The number of nitrogens with one attached hydrogen (secondary N) is 1.